The number of hydrogen-bond acceptors (Lipinski definition) is 4. The number of alkyl halides is 2. The average molecular weight is 279 g/mol. The van der Waals surface area contributed by atoms with E-state index in [-0.39, 0.29) is 17.3 Å². The fourth-order valence-corrected chi connectivity index (χ4v) is 2.42. The molecule has 0 saturated heterocycles. The number of halogens is 2. The molecule has 0 aliphatic heterocycles. The fraction of sp³-hybridized carbons (Fsp3) is 0.455. The van der Waals surface area contributed by atoms with E-state index in [1.54, 1.807) is 12.1 Å². The highest BCUT2D eigenvalue weighted by molar-refractivity contribution is 7.91. The lowest BCUT2D eigenvalue weighted by Crippen LogP contribution is -2.15. The number of nitrogens with two attached hydrogens (primary N) is 1. The summed E-state index contributed by atoms with van der Waals surface area (Å²) in [4.78, 5) is 0.139. The molecule has 0 amide bonds. The number of hydrogen-bond donors (Lipinski definition) is 1. The third kappa shape index (κ3) is 4.67. The minimum absolute atomic E-state index is 0.139. The summed E-state index contributed by atoms with van der Waals surface area (Å²) in [6.07, 6.45) is -2.59. The lowest BCUT2D eigenvalue weighted by Gasteiger charge is -2.06. The van der Waals surface area contributed by atoms with Crippen molar-refractivity contribution < 1.29 is 21.9 Å². The molecule has 102 valence electrons. The Kier molecular flexibility index (Phi) is 5.64. The lowest BCUT2D eigenvalue weighted by molar-refractivity contribution is 0.0234. The Bertz CT molecular complexity index is 460. The van der Waals surface area contributed by atoms with Gasteiger partial charge in [0, 0.05) is 6.54 Å². The molecule has 0 aliphatic carbocycles. The smallest absolute Gasteiger partial charge is 0.261 e. The van der Waals surface area contributed by atoms with Crippen LogP contribution in [-0.2, 0) is 21.1 Å². The van der Waals surface area contributed by atoms with Gasteiger partial charge in [-0.05, 0) is 17.7 Å². The predicted molar refractivity (Wildman–Crippen MR) is 63.2 cm³/mol. The first kappa shape index (κ1) is 15.0. The van der Waals surface area contributed by atoms with Gasteiger partial charge in [-0.3, -0.25) is 0 Å². The van der Waals surface area contributed by atoms with Gasteiger partial charge in [-0.25, -0.2) is 17.2 Å². The van der Waals surface area contributed by atoms with Gasteiger partial charge in [0.2, 0.25) is 0 Å². The third-order valence-corrected chi connectivity index (χ3v) is 3.95. The molecule has 0 heterocycles. The summed E-state index contributed by atoms with van der Waals surface area (Å²) in [6.45, 7) is -0.662. The van der Waals surface area contributed by atoms with Crippen molar-refractivity contribution in [1.82, 2.24) is 0 Å². The summed E-state index contributed by atoms with van der Waals surface area (Å²) in [5, 5.41) is 0. The second kappa shape index (κ2) is 6.77. The van der Waals surface area contributed by atoms with E-state index in [0.29, 0.717) is 6.54 Å². The van der Waals surface area contributed by atoms with Gasteiger partial charge in [0.15, 0.2) is 9.84 Å². The Morgan fingerprint density at radius 2 is 1.83 bits per heavy atom. The molecule has 1 rings (SSSR count). The maximum absolute atomic E-state index is 11.8. The molecule has 0 saturated carbocycles. The molecule has 1 aromatic carbocycles. The molecule has 0 bridgehead atoms. The van der Waals surface area contributed by atoms with Crippen LogP contribution in [0.25, 0.3) is 0 Å². The summed E-state index contributed by atoms with van der Waals surface area (Å²) >= 11 is 0. The zero-order valence-corrected chi connectivity index (χ0v) is 10.5. The van der Waals surface area contributed by atoms with Crippen LogP contribution in [0.1, 0.15) is 5.56 Å². The molecular weight excluding hydrogens is 264 g/mol. The first-order chi connectivity index (χ1) is 8.45. The fourth-order valence-electron chi connectivity index (χ4n) is 1.29. The highest BCUT2D eigenvalue weighted by atomic mass is 32.2. The van der Waals surface area contributed by atoms with Gasteiger partial charge < -0.3 is 10.5 Å². The second-order valence-corrected chi connectivity index (χ2v) is 5.74. The summed E-state index contributed by atoms with van der Waals surface area (Å²) in [5.41, 5.74) is 6.22. The second-order valence-electron chi connectivity index (χ2n) is 3.63. The summed E-state index contributed by atoms with van der Waals surface area (Å²) in [5.74, 6) is -0.318. The Morgan fingerprint density at radius 1 is 1.22 bits per heavy atom. The maximum atomic E-state index is 11.8. The SMILES string of the molecule is NCc1ccc(S(=O)(=O)CCOCC(F)F)cc1. The van der Waals surface area contributed by atoms with Gasteiger partial charge in [0.05, 0.1) is 17.3 Å². The van der Waals surface area contributed by atoms with Crippen LogP contribution in [0.2, 0.25) is 0 Å². The van der Waals surface area contributed by atoms with Crippen LogP contribution in [-0.4, -0.2) is 33.8 Å². The molecule has 0 radical (unpaired) electrons. The van der Waals surface area contributed by atoms with Crippen LogP contribution < -0.4 is 5.73 Å². The Labute approximate surface area is 105 Å². The van der Waals surface area contributed by atoms with Crippen molar-refractivity contribution in [3.05, 3.63) is 29.8 Å². The molecule has 0 aromatic heterocycles. The van der Waals surface area contributed by atoms with Crippen molar-refractivity contribution in [2.75, 3.05) is 19.0 Å². The van der Waals surface area contributed by atoms with E-state index in [4.69, 9.17) is 5.73 Å². The molecule has 4 nitrogen and oxygen atoms in total. The van der Waals surface area contributed by atoms with Gasteiger partial charge in [0.25, 0.3) is 6.43 Å². The van der Waals surface area contributed by atoms with Crippen LogP contribution >= 0.6 is 0 Å². The standard InChI is InChI=1S/C11H15F2NO3S/c12-11(13)8-17-5-6-18(15,16)10-3-1-9(7-14)2-4-10/h1-4,11H,5-8,14H2. The molecule has 2 N–H and O–H groups in total. The molecule has 0 aliphatic rings. The van der Waals surface area contributed by atoms with Gasteiger partial charge in [-0.1, -0.05) is 12.1 Å². The van der Waals surface area contributed by atoms with Crippen molar-refractivity contribution in [2.45, 2.75) is 17.9 Å². The van der Waals surface area contributed by atoms with Crippen molar-refractivity contribution in [3.8, 4) is 0 Å². The molecule has 1 aromatic rings. The minimum Gasteiger partial charge on any atom is -0.374 e. The van der Waals surface area contributed by atoms with Crippen LogP contribution in [0.4, 0.5) is 8.78 Å². The normalized spacial score (nSPS) is 12.0. The topological polar surface area (TPSA) is 69.4 Å². The monoisotopic (exact) mass is 279 g/mol. The molecule has 0 unspecified atom stereocenters. The van der Waals surface area contributed by atoms with E-state index >= 15 is 0 Å². The first-order valence-corrected chi connectivity index (χ1v) is 6.98. The van der Waals surface area contributed by atoms with E-state index in [0.717, 1.165) is 5.56 Å². The molecule has 0 spiro atoms. The van der Waals surface area contributed by atoms with Crippen molar-refractivity contribution >= 4 is 9.84 Å². The van der Waals surface area contributed by atoms with E-state index in [1.165, 1.54) is 12.1 Å². The zero-order chi connectivity index (χ0) is 13.6. The van der Waals surface area contributed by atoms with Crippen molar-refractivity contribution in [2.24, 2.45) is 5.73 Å². The average Bonchev–Trinajstić information content (AvgIpc) is 2.34. The third-order valence-electron chi connectivity index (χ3n) is 2.26. The highest BCUT2D eigenvalue weighted by Gasteiger charge is 2.14. The quantitative estimate of drug-likeness (QED) is 0.761. The largest absolute Gasteiger partial charge is 0.374 e. The van der Waals surface area contributed by atoms with E-state index in [1.807, 2.05) is 0 Å². The molecule has 0 atom stereocenters. The Balaban J connectivity index is 2.57. The summed E-state index contributed by atoms with van der Waals surface area (Å²) < 4.78 is 51.7. The maximum Gasteiger partial charge on any atom is 0.261 e. The van der Waals surface area contributed by atoms with E-state index < -0.39 is 22.9 Å². The Hall–Kier alpha value is -1.05. The molecule has 18 heavy (non-hydrogen) atoms. The van der Waals surface area contributed by atoms with Crippen LogP contribution in [0, 0.1) is 0 Å². The van der Waals surface area contributed by atoms with Gasteiger partial charge in [0.1, 0.15) is 6.61 Å². The first-order valence-electron chi connectivity index (χ1n) is 5.33. The zero-order valence-electron chi connectivity index (χ0n) is 9.68. The van der Waals surface area contributed by atoms with Gasteiger partial charge in [-0.2, -0.15) is 0 Å². The molecular formula is C11H15F2NO3S. The number of ether oxygens (including phenoxy) is 1. The van der Waals surface area contributed by atoms with E-state index in [2.05, 4.69) is 4.74 Å². The summed E-state index contributed by atoms with van der Waals surface area (Å²) in [6, 6.07) is 6.13. The van der Waals surface area contributed by atoms with Crippen LogP contribution in [0.5, 0.6) is 0 Å². The Morgan fingerprint density at radius 3 is 2.33 bits per heavy atom. The number of sulfone groups is 1. The summed E-state index contributed by atoms with van der Waals surface area (Å²) in [7, 11) is -3.49. The number of rotatable bonds is 7. The van der Waals surface area contributed by atoms with Gasteiger partial charge >= 0.3 is 0 Å². The van der Waals surface area contributed by atoms with Gasteiger partial charge in [-0.15, -0.1) is 0 Å². The lowest BCUT2D eigenvalue weighted by atomic mass is 10.2. The van der Waals surface area contributed by atoms with Crippen LogP contribution in [0.3, 0.4) is 0 Å². The highest BCUT2D eigenvalue weighted by Crippen LogP contribution is 2.12. The van der Waals surface area contributed by atoms with Crippen molar-refractivity contribution in [3.63, 3.8) is 0 Å². The van der Waals surface area contributed by atoms with E-state index in [9.17, 15) is 17.2 Å². The van der Waals surface area contributed by atoms with Crippen molar-refractivity contribution in [1.29, 1.82) is 0 Å². The predicted octanol–water partition coefficient (Wildman–Crippen LogP) is 1.20. The minimum atomic E-state index is -3.49. The molecule has 0 fully saturated rings. The number of benzene rings is 1. The molecule has 7 heteroatoms. The van der Waals surface area contributed by atoms with Crippen LogP contribution in [0.15, 0.2) is 29.2 Å².